The van der Waals surface area contributed by atoms with Crippen molar-refractivity contribution >= 4 is 11.9 Å². The lowest BCUT2D eigenvalue weighted by molar-refractivity contribution is -0.143. The molecule has 0 saturated carbocycles. The SMILES string of the molecule is CCCCCCC/C=C\CCCCCCCC(=O)OCCCCCC/C=C\CCCCCCCCCC(=O)NC(CO)C(O)/C=C/CCCCCCCCCCCCCCCCC. The Morgan fingerprint density at radius 1 is 0.429 bits per heavy atom. The highest BCUT2D eigenvalue weighted by Gasteiger charge is 2.18. The third-order valence-electron chi connectivity index (χ3n) is 12.6. The van der Waals surface area contributed by atoms with Gasteiger partial charge in [-0.1, -0.05) is 230 Å². The number of hydrogen-bond donors (Lipinski definition) is 3. The Balaban J connectivity index is 3.52. The first-order chi connectivity index (χ1) is 31.0. The molecule has 0 heterocycles. The van der Waals surface area contributed by atoms with Gasteiger partial charge in [0.1, 0.15) is 0 Å². The molecule has 2 atom stereocenters. The predicted molar refractivity (Wildman–Crippen MR) is 273 cm³/mol. The Labute approximate surface area is 392 Å². The van der Waals surface area contributed by atoms with Gasteiger partial charge < -0.3 is 20.3 Å². The van der Waals surface area contributed by atoms with Crippen molar-refractivity contribution in [1.29, 1.82) is 0 Å². The summed E-state index contributed by atoms with van der Waals surface area (Å²) in [6.07, 6.45) is 64.4. The number of esters is 1. The van der Waals surface area contributed by atoms with E-state index in [1.54, 1.807) is 6.08 Å². The largest absolute Gasteiger partial charge is 0.466 e. The fraction of sp³-hybridized carbons (Fsp3) is 0.860. The predicted octanol–water partition coefficient (Wildman–Crippen LogP) is 16.9. The number of ether oxygens (including phenoxy) is 1. The van der Waals surface area contributed by atoms with Crippen LogP contribution in [-0.4, -0.2) is 47.4 Å². The summed E-state index contributed by atoms with van der Waals surface area (Å²) in [7, 11) is 0. The quantitative estimate of drug-likeness (QED) is 0.0321. The molecule has 0 fully saturated rings. The lowest BCUT2D eigenvalue weighted by Crippen LogP contribution is -2.45. The van der Waals surface area contributed by atoms with Crippen molar-refractivity contribution in [3.05, 3.63) is 36.5 Å². The van der Waals surface area contributed by atoms with Gasteiger partial charge in [-0.3, -0.25) is 9.59 Å². The molecule has 0 aromatic heterocycles. The first-order valence-electron chi connectivity index (χ1n) is 27.8. The smallest absolute Gasteiger partial charge is 0.305 e. The highest BCUT2D eigenvalue weighted by molar-refractivity contribution is 5.76. The van der Waals surface area contributed by atoms with E-state index in [9.17, 15) is 19.8 Å². The molecule has 0 aromatic rings. The second-order valence-corrected chi connectivity index (χ2v) is 18.9. The van der Waals surface area contributed by atoms with E-state index in [0.29, 0.717) is 19.4 Å². The van der Waals surface area contributed by atoms with E-state index in [4.69, 9.17) is 4.74 Å². The number of rotatable bonds is 51. The molecular formula is C57H107NO5. The molecule has 0 aliphatic heterocycles. The summed E-state index contributed by atoms with van der Waals surface area (Å²) in [5, 5.41) is 23.1. The van der Waals surface area contributed by atoms with Gasteiger partial charge in [-0.15, -0.1) is 0 Å². The van der Waals surface area contributed by atoms with E-state index in [1.807, 2.05) is 6.08 Å². The average Bonchev–Trinajstić information content (AvgIpc) is 3.28. The van der Waals surface area contributed by atoms with Crippen LogP contribution in [0.5, 0.6) is 0 Å². The summed E-state index contributed by atoms with van der Waals surface area (Å²) in [5.74, 6) is -0.103. The normalized spacial score (nSPS) is 12.9. The Morgan fingerprint density at radius 3 is 1.13 bits per heavy atom. The van der Waals surface area contributed by atoms with Crippen molar-refractivity contribution in [2.75, 3.05) is 13.2 Å². The fourth-order valence-electron chi connectivity index (χ4n) is 8.33. The van der Waals surface area contributed by atoms with Crippen LogP contribution in [0, 0.1) is 0 Å². The highest BCUT2D eigenvalue weighted by atomic mass is 16.5. The molecule has 0 aliphatic carbocycles. The zero-order chi connectivity index (χ0) is 45.8. The van der Waals surface area contributed by atoms with Crippen LogP contribution in [0.15, 0.2) is 36.5 Å². The molecule has 63 heavy (non-hydrogen) atoms. The van der Waals surface area contributed by atoms with Crippen molar-refractivity contribution < 1.29 is 24.5 Å². The average molecular weight is 886 g/mol. The Morgan fingerprint density at radius 2 is 0.746 bits per heavy atom. The molecule has 0 spiro atoms. The Kier molecular flexibility index (Phi) is 51.1. The minimum Gasteiger partial charge on any atom is -0.466 e. The van der Waals surface area contributed by atoms with Crippen molar-refractivity contribution in [2.45, 2.75) is 302 Å². The van der Waals surface area contributed by atoms with Crippen LogP contribution in [0.2, 0.25) is 0 Å². The van der Waals surface area contributed by atoms with Gasteiger partial charge in [0.05, 0.1) is 25.4 Å². The van der Waals surface area contributed by atoms with Crippen molar-refractivity contribution in [3.8, 4) is 0 Å². The van der Waals surface area contributed by atoms with Crippen LogP contribution in [0.25, 0.3) is 0 Å². The van der Waals surface area contributed by atoms with E-state index >= 15 is 0 Å². The van der Waals surface area contributed by atoms with Gasteiger partial charge in [0.15, 0.2) is 0 Å². The summed E-state index contributed by atoms with van der Waals surface area (Å²) >= 11 is 0. The number of carbonyl (C=O) groups is 2. The maximum Gasteiger partial charge on any atom is 0.305 e. The summed E-state index contributed by atoms with van der Waals surface area (Å²) in [6.45, 7) is 4.86. The molecule has 1 amide bonds. The van der Waals surface area contributed by atoms with Crippen molar-refractivity contribution in [3.63, 3.8) is 0 Å². The lowest BCUT2D eigenvalue weighted by Gasteiger charge is -2.20. The molecule has 0 rings (SSSR count). The molecule has 0 saturated heterocycles. The molecule has 0 aromatic carbocycles. The number of aliphatic hydroxyl groups excluding tert-OH is 2. The number of nitrogens with one attached hydrogen (secondary N) is 1. The first kappa shape index (κ1) is 61.1. The fourth-order valence-corrected chi connectivity index (χ4v) is 8.33. The minimum atomic E-state index is -0.855. The molecule has 0 bridgehead atoms. The molecule has 370 valence electrons. The number of amides is 1. The van der Waals surface area contributed by atoms with E-state index in [1.165, 1.54) is 193 Å². The Bertz CT molecular complexity index is 1020. The van der Waals surface area contributed by atoms with Crippen molar-refractivity contribution in [2.24, 2.45) is 0 Å². The first-order valence-corrected chi connectivity index (χ1v) is 27.8. The zero-order valence-electron chi connectivity index (χ0n) is 42.1. The molecule has 0 aliphatic rings. The lowest BCUT2D eigenvalue weighted by atomic mass is 10.0. The van der Waals surface area contributed by atoms with Crippen molar-refractivity contribution in [1.82, 2.24) is 5.32 Å². The van der Waals surface area contributed by atoms with E-state index in [0.717, 1.165) is 70.6 Å². The molecule has 3 N–H and O–H groups in total. The number of carbonyl (C=O) groups excluding carboxylic acids is 2. The number of aliphatic hydroxyl groups is 2. The number of allylic oxidation sites excluding steroid dienone is 5. The molecule has 2 unspecified atom stereocenters. The van der Waals surface area contributed by atoms with Crippen LogP contribution >= 0.6 is 0 Å². The van der Waals surface area contributed by atoms with Gasteiger partial charge in [-0.05, 0) is 83.5 Å². The van der Waals surface area contributed by atoms with Crippen LogP contribution in [0.4, 0.5) is 0 Å². The highest BCUT2D eigenvalue weighted by Crippen LogP contribution is 2.16. The third kappa shape index (κ3) is 49.4. The van der Waals surface area contributed by atoms with E-state index in [-0.39, 0.29) is 18.5 Å². The zero-order valence-corrected chi connectivity index (χ0v) is 42.1. The van der Waals surface area contributed by atoms with E-state index < -0.39 is 12.1 Å². The van der Waals surface area contributed by atoms with Gasteiger partial charge in [0.2, 0.25) is 5.91 Å². The molecule has 0 radical (unpaired) electrons. The third-order valence-corrected chi connectivity index (χ3v) is 12.6. The molecule has 6 nitrogen and oxygen atoms in total. The Hall–Kier alpha value is -1.92. The second-order valence-electron chi connectivity index (χ2n) is 18.9. The van der Waals surface area contributed by atoms with Crippen LogP contribution < -0.4 is 5.32 Å². The summed E-state index contributed by atoms with van der Waals surface area (Å²) in [4.78, 5) is 24.5. The summed E-state index contributed by atoms with van der Waals surface area (Å²) < 4.78 is 5.45. The van der Waals surface area contributed by atoms with Gasteiger partial charge >= 0.3 is 5.97 Å². The van der Waals surface area contributed by atoms with Crippen LogP contribution in [0.3, 0.4) is 0 Å². The monoisotopic (exact) mass is 886 g/mol. The standard InChI is InChI=1S/C57H107NO5/c1-3-5-7-9-11-13-15-17-19-20-22-25-29-33-37-41-45-49-55(60)54(53-59)58-56(61)50-46-42-38-34-30-26-23-21-24-28-32-36-40-44-48-52-63-57(62)51-47-43-39-35-31-27-18-16-14-12-10-8-6-4-2/h16,18,24,28,45,49,54-55,59-60H,3-15,17,19-23,25-27,29-44,46-48,50-53H2,1-2H3,(H,58,61)/b18-16-,28-24-,49-45+. The number of unbranched alkanes of at least 4 members (excludes halogenated alkanes) is 36. The molecular weight excluding hydrogens is 779 g/mol. The minimum absolute atomic E-state index is 0.0200. The van der Waals surface area contributed by atoms with Gasteiger partial charge in [-0.25, -0.2) is 0 Å². The number of hydrogen-bond acceptors (Lipinski definition) is 5. The van der Waals surface area contributed by atoms with E-state index in [2.05, 4.69) is 43.5 Å². The van der Waals surface area contributed by atoms with Gasteiger partial charge in [-0.2, -0.15) is 0 Å². The maximum absolute atomic E-state index is 12.4. The molecule has 6 heteroatoms. The van der Waals surface area contributed by atoms with Gasteiger partial charge in [0.25, 0.3) is 0 Å². The second kappa shape index (κ2) is 52.7. The maximum atomic E-state index is 12.4. The van der Waals surface area contributed by atoms with Gasteiger partial charge in [0, 0.05) is 12.8 Å². The van der Waals surface area contributed by atoms with Crippen LogP contribution in [-0.2, 0) is 14.3 Å². The summed E-state index contributed by atoms with van der Waals surface area (Å²) in [5.41, 5.74) is 0. The topological polar surface area (TPSA) is 95.9 Å². The summed E-state index contributed by atoms with van der Waals surface area (Å²) in [6, 6.07) is -0.640. The van der Waals surface area contributed by atoms with Crippen LogP contribution in [0.1, 0.15) is 290 Å².